The molecule has 1 amide bonds. The van der Waals surface area contributed by atoms with Crippen molar-refractivity contribution in [2.45, 2.75) is 46.1 Å². The van der Waals surface area contributed by atoms with Crippen LogP contribution in [0.1, 0.15) is 60.9 Å². The number of amides is 1. The van der Waals surface area contributed by atoms with E-state index < -0.39 is 47.1 Å². The first kappa shape index (κ1) is 26.6. The highest BCUT2D eigenvalue weighted by Crippen LogP contribution is 2.22. The van der Waals surface area contributed by atoms with Gasteiger partial charge in [0.2, 0.25) is 5.78 Å². The molecule has 3 N–H and O–H groups in total. The average molecular weight is 473 g/mol. The van der Waals surface area contributed by atoms with Crippen molar-refractivity contribution in [3.8, 4) is 0 Å². The molecule has 2 aromatic rings. The summed E-state index contributed by atoms with van der Waals surface area (Å²) in [6, 6.07) is 6.05. The van der Waals surface area contributed by atoms with Gasteiger partial charge in [-0.15, -0.1) is 0 Å². The Labute approximate surface area is 197 Å². The molecule has 1 aromatic heterocycles. The van der Waals surface area contributed by atoms with Gasteiger partial charge >= 0.3 is 11.7 Å². The number of nitrogens with one attached hydrogen (secondary N) is 1. The van der Waals surface area contributed by atoms with Crippen LogP contribution in [-0.2, 0) is 29.0 Å². The number of carbonyl (C=O) groups excluding carboxylic acids is 3. The molecule has 10 heteroatoms. The summed E-state index contributed by atoms with van der Waals surface area (Å²) in [5, 5.41) is 2.64. The number of nitrogens with two attached hydrogens (primary N) is 1. The normalized spacial score (nSPS) is 12.4. The predicted octanol–water partition coefficient (Wildman–Crippen LogP) is 1.14. The van der Waals surface area contributed by atoms with Crippen LogP contribution >= 0.6 is 0 Å². The van der Waals surface area contributed by atoms with Crippen LogP contribution in [0.15, 0.2) is 33.9 Å². The minimum absolute atomic E-state index is 0.0682. The van der Waals surface area contributed by atoms with Crippen molar-refractivity contribution < 1.29 is 19.1 Å². The zero-order chi connectivity index (χ0) is 26.0. The average Bonchev–Trinajstić information content (AvgIpc) is 2.77. The maximum atomic E-state index is 12.7. The summed E-state index contributed by atoms with van der Waals surface area (Å²) in [5.74, 6) is -2.80. The molecular formula is C24H32N4O6. The summed E-state index contributed by atoms with van der Waals surface area (Å²) < 4.78 is 6.81. The first-order valence-electron chi connectivity index (χ1n) is 10.8. The number of carbonyl (C=O) groups is 3. The van der Waals surface area contributed by atoms with E-state index in [2.05, 4.69) is 26.1 Å². The number of rotatable bonds is 7. The van der Waals surface area contributed by atoms with Crippen molar-refractivity contribution in [1.82, 2.24) is 14.5 Å². The van der Waals surface area contributed by atoms with Gasteiger partial charge in [-0.25, -0.2) is 9.59 Å². The van der Waals surface area contributed by atoms with E-state index in [4.69, 9.17) is 10.5 Å². The molecule has 0 aliphatic carbocycles. The third kappa shape index (κ3) is 5.62. The number of benzene rings is 1. The van der Waals surface area contributed by atoms with E-state index >= 15 is 0 Å². The molecule has 0 bridgehead atoms. The van der Waals surface area contributed by atoms with Gasteiger partial charge in [0.25, 0.3) is 11.5 Å². The predicted molar refractivity (Wildman–Crippen MR) is 128 cm³/mol. The highest BCUT2D eigenvalue weighted by Gasteiger charge is 2.28. The summed E-state index contributed by atoms with van der Waals surface area (Å²) in [6.45, 7) is 8.86. The number of nitrogens with zero attached hydrogens (tertiary/aromatic N) is 2. The second-order valence-corrected chi connectivity index (χ2v) is 9.52. The molecule has 184 valence electrons. The molecule has 0 radical (unpaired) electrons. The van der Waals surface area contributed by atoms with Crippen LogP contribution in [0.25, 0.3) is 0 Å². The summed E-state index contributed by atoms with van der Waals surface area (Å²) in [4.78, 5) is 62.2. The monoisotopic (exact) mass is 472 g/mol. The molecule has 1 unspecified atom stereocenters. The molecule has 1 heterocycles. The molecule has 0 aliphatic rings. The maximum absolute atomic E-state index is 12.7. The molecule has 1 aromatic carbocycles. The molecule has 0 saturated heterocycles. The fraction of sp³-hybridized carbons (Fsp3) is 0.458. The number of aromatic nitrogens is 2. The summed E-state index contributed by atoms with van der Waals surface area (Å²) in [7, 11) is 2.53. The molecule has 2 rings (SSSR count). The second-order valence-electron chi connectivity index (χ2n) is 9.52. The molecule has 1 atom stereocenters. The van der Waals surface area contributed by atoms with Crippen molar-refractivity contribution in [1.29, 1.82) is 0 Å². The van der Waals surface area contributed by atoms with Crippen LogP contribution in [0, 0.1) is 5.92 Å². The molecule has 0 aliphatic heterocycles. The van der Waals surface area contributed by atoms with E-state index in [9.17, 15) is 24.0 Å². The number of ether oxygens (including phenoxy) is 1. The highest BCUT2D eigenvalue weighted by molar-refractivity contribution is 6.02. The molecule has 10 nitrogen and oxygen atoms in total. The molecule has 0 saturated carbocycles. The van der Waals surface area contributed by atoms with Crippen molar-refractivity contribution in [3.63, 3.8) is 0 Å². The lowest BCUT2D eigenvalue weighted by Crippen LogP contribution is -2.46. The van der Waals surface area contributed by atoms with Crippen molar-refractivity contribution in [2.75, 3.05) is 12.3 Å². The lowest BCUT2D eigenvalue weighted by atomic mass is 9.86. The Morgan fingerprint density at radius 3 is 2.09 bits per heavy atom. The van der Waals surface area contributed by atoms with Gasteiger partial charge in [-0.2, -0.15) is 0 Å². The van der Waals surface area contributed by atoms with Crippen LogP contribution in [0.3, 0.4) is 0 Å². The van der Waals surface area contributed by atoms with Crippen molar-refractivity contribution in [3.05, 3.63) is 61.8 Å². The molecule has 0 spiro atoms. The zero-order valence-electron chi connectivity index (χ0n) is 20.6. The Bertz CT molecular complexity index is 1220. The Hall–Kier alpha value is -3.69. The van der Waals surface area contributed by atoms with Crippen LogP contribution < -0.4 is 22.3 Å². The molecule has 34 heavy (non-hydrogen) atoms. The summed E-state index contributed by atoms with van der Waals surface area (Å²) in [6.07, 6.45) is 0. The van der Waals surface area contributed by atoms with Gasteiger partial charge in [0.1, 0.15) is 17.4 Å². The third-order valence-corrected chi connectivity index (χ3v) is 5.55. The van der Waals surface area contributed by atoms with E-state index in [-0.39, 0.29) is 17.2 Å². The fourth-order valence-corrected chi connectivity index (χ4v) is 3.26. The van der Waals surface area contributed by atoms with Crippen molar-refractivity contribution >= 4 is 23.5 Å². The van der Waals surface area contributed by atoms with E-state index in [1.807, 2.05) is 12.1 Å². The number of hydrogen-bond acceptors (Lipinski definition) is 7. The van der Waals surface area contributed by atoms with Gasteiger partial charge in [0, 0.05) is 19.7 Å². The number of nitrogen functional groups attached to an aromatic ring is 1. The third-order valence-electron chi connectivity index (χ3n) is 5.55. The minimum Gasteiger partial charge on any atom is -0.456 e. The van der Waals surface area contributed by atoms with E-state index in [1.165, 1.54) is 14.1 Å². The number of ketones is 1. The van der Waals surface area contributed by atoms with Crippen molar-refractivity contribution in [2.24, 2.45) is 20.0 Å². The SMILES string of the molecule is CC(C)C(NC(=O)c1ccc(C(C)(C)C)cc1)C(=O)OCC(=O)c1c(N)n(C)c(=O)n(C)c1=O. The van der Waals surface area contributed by atoms with Gasteiger partial charge in [-0.3, -0.25) is 23.5 Å². The first-order valence-corrected chi connectivity index (χ1v) is 10.8. The standard InChI is InChI=1S/C24H32N4O6/c1-13(2)18(26-20(30)14-8-10-15(11-9-14)24(3,4)5)22(32)34-12-16(29)17-19(25)27(6)23(33)28(7)21(17)31/h8-11,13,18H,12,25H2,1-7H3,(H,26,30). The zero-order valence-corrected chi connectivity index (χ0v) is 20.6. The van der Waals surface area contributed by atoms with Crippen LogP contribution in [0.2, 0.25) is 0 Å². The smallest absolute Gasteiger partial charge is 0.332 e. The number of anilines is 1. The van der Waals surface area contributed by atoms with Crippen LogP contribution in [0.4, 0.5) is 5.82 Å². The second kappa shape index (κ2) is 10.1. The van der Waals surface area contributed by atoms with E-state index in [1.54, 1.807) is 26.0 Å². The number of esters is 1. The van der Waals surface area contributed by atoms with E-state index in [0.717, 1.165) is 14.7 Å². The van der Waals surface area contributed by atoms with Gasteiger partial charge in [-0.05, 0) is 29.0 Å². The van der Waals surface area contributed by atoms with Gasteiger partial charge in [0.15, 0.2) is 6.61 Å². The first-order chi connectivity index (χ1) is 15.7. The Morgan fingerprint density at radius 1 is 1.03 bits per heavy atom. The largest absolute Gasteiger partial charge is 0.456 e. The molecule has 0 fully saturated rings. The van der Waals surface area contributed by atoms with Gasteiger partial charge in [0.05, 0.1) is 0 Å². The Morgan fingerprint density at radius 2 is 1.59 bits per heavy atom. The Kier molecular flexibility index (Phi) is 7.86. The number of hydrogen-bond donors (Lipinski definition) is 2. The summed E-state index contributed by atoms with van der Waals surface area (Å²) >= 11 is 0. The van der Waals surface area contributed by atoms with Crippen LogP contribution in [0.5, 0.6) is 0 Å². The maximum Gasteiger partial charge on any atom is 0.332 e. The van der Waals surface area contributed by atoms with Crippen LogP contribution in [-0.4, -0.2) is 39.4 Å². The topological polar surface area (TPSA) is 142 Å². The van der Waals surface area contributed by atoms with E-state index in [0.29, 0.717) is 5.56 Å². The Balaban J connectivity index is 2.14. The van der Waals surface area contributed by atoms with Gasteiger partial charge < -0.3 is 15.8 Å². The fourth-order valence-electron chi connectivity index (χ4n) is 3.26. The quantitative estimate of drug-likeness (QED) is 0.454. The molecular weight excluding hydrogens is 440 g/mol. The highest BCUT2D eigenvalue weighted by atomic mass is 16.5. The van der Waals surface area contributed by atoms with Gasteiger partial charge in [-0.1, -0.05) is 46.8 Å². The number of Topliss-reactive ketones (excluding diaryl/α,β-unsaturated/α-hetero) is 1. The lowest BCUT2D eigenvalue weighted by molar-refractivity contribution is -0.145. The summed E-state index contributed by atoms with van der Waals surface area (Å²) in [5.41, 5.74) is 5.13. The lowest BCUT2D eigenvalue weighted by Gasteiger charge is -2.22. The minimum atomic E-state index is -1.03.